The summed E-state index contributed by atoms with van der Waals surface area (Å²) in [6.45, 7) is 4.34. The maximum absolute atomic E-state index is 5.72. The summed E-state index contributed by atoms with van der Waals surface area (Å²) in [6, 6.07) is 12.0. The van der Waals surface area contributed by atoms with Crippen LogP contribution in [-0.4, -0.2) is 24.7 Å². The van der Waals surface area contributed by atoms with Crippen LogP contribution < -0.4 is 14.8 Å². The largest absolute Gasteiger partial charge is 0.490 e. The number of anilines is 1. The molecule has 0 saturated heterocycles. The Morgan fingerprint density at radius 2 is 2.00 bits per heavy atom. The molecule has 1 aromatic heterocycles. The third kappa shape index (κ3) is 3.61. The molecule has 1 aliphatic rings. The maximum atomic E-state index is 5.72. The Labute approximate surface area is 128 Å². The van der Waals surface area contributed by atoms with Crippen LogP contribution in [0.25, 0.3) is 0 Å². The Bertz CT molecular complexity index is 619. The molecule has 0 radical (unpaired) electrons. The molecule has 110 valence electrons. The molecule has 4 nitrogen and oxygen atoms in total. The average Bonchev–Trinajstić information content (AvgIpc) is 2.73. The average molecular weight is 302 g/mol. The molecule has 0 atom stereocenters. The molecule has 0 saturated carbocycles. The minimum Gasteiger partial charge on any atom is -0.490 e. The summed E-state index contributed by atoms with van der Waals surface area (Å²) in [7, 11) is 0. The number of fused-ring (bicyclic) bond motifs is 1. The van der Waals surface area contributed by atoms with Gasteiger partial charge in [-0.1, -0.05) is 17.8 Å². The fourth-order valence-corrected chi connectivity index (χ4v) is 2.91. The molecule has 2 aromatic rings. The SMILES string of the molecule is CCNc1cccc(Sc2ccc3c(c2)OCCCO3)n1. The number of hydrogen-bond acceptors (Lipinski definition) is 5. The van der Waals surface area contributed by atoms with Crippen molar-refractivity contribution in [1.29, 1.82) is 0 Å². The summed E-state index contributed by atoms with van der Waals surface area (Å²) in [5.74, 6) is 2.54. The van der Waals surface area contributed by atoms with Crippen molar-refractivity contribution in [2.75, 3.05) is 25.1 Å². The van der Waals surface area contributed by atoms with E-state index in [2.05, 4.69) is 17.2 Å². The third-order valence-electron chi connectivity index (χ3n) is 3.02. The topological polar surface area (TPSA) is 43.4 Å². The second-order valence-electron chi connectivity index (χ2n) is 4.65. The summed E-state index contributed by atoms with van der Waals surface area (Å²) in [6.07, 6.45) is 0.920. The first kappa shape index (κ1) is 14.1. The highest BCUT2D eigenvalue weighted by atomic mass is 32.2. The lowest BCUT2D eigenvalue weighted by atomic mass is 10.3. The molecule has 0 fully saturated rings. The van der Waals surface area contributed by atoms with E-state index in [0.717, 1.165) is 40.2 Å². The van der Waals surface area contributed by atoms with Crippen molar-refractivity contribution in [1.82, 2.24) is 4.98 Å². The van der Waals surface area contributed by atoms with Crippen molar-refractivity contribution in [2.45, 2.75) is 23.3 Å². The van der Waals surface area contributed by atoms with Gasteiger partial charge in [0.05, 0.1) is 13.2 Å². The molecular weight excluding hydrogens is 284 g/mol. The van der Waals surface area contributed by atoms with Gasteiger partial charge in [0.15, 0.2) is 11.5 Å². The minimum absolute atomic E-state index is 0.704. The molecule has 5 heteroatoms. The maximum Gasteiger partial charge on any atom is 0.162 e. The van der Waals surface area contributed by atoms with Crippen molar-refractivity contribution in [2.24, 2.45) is 0 Å². The van der Waals surface area contributed by atoms with Crippen LogP contribution in [0, 0.1) is 0 Å². The highest BCUT2D eigenvalue weighted by molar-refractivity contribution is 7.99. The standard InChI is InChI=1S/C16H18N2O2S/c1-2-17-15-5-3-6-16(18-15)21-12-7-8-13-14(11-12)20-10-4-9-19-13/h3,5-8,11H,2,4,9-10H2,1H3,(H,17,18). The van der Waals surface area contributed by atoms with Crippen LogP contribution in [0.1, 0.15) is 13.3 Å². The lowest BCUT2D eigenvalue weighted by Gasteiger charge is -2.09. The zero-order valence-corrected chi connectivity index (χ0v) is 12.8. The van der Waals surface area contributed by atoms with E-state index in [1.54, 1.807) is 11.8 Å². The van der Waals surface area contributed by atoms with E-state index in [4.69, 9.17) is 9.47 Å². The number of rotatable bonds is 4. The molecule has 3 rings (SSSR count). The van der Waals surface area contributed by atoms with Gasteiger partial charge in [-0.3, -0.25) is 0 Å². The van der Waals surface area contributed by atoms with Crippen molar-refractivity contribution < 1.29 is 9.47 Å². The molecule has 0 unspecified atom stereocenters. The summed E-state index contributed by atoms with van der Waals surface area (Å²) >= 11 is 1.62. The molecule has 0 spiro atoms. The van der Waals surface area contributed by atoms with Gasteiger partial charge < -0.3 is 14.8 Å². The number of pyridine rings is 1. The van der Waals surface area contributed by atoms with Crippen LogP contribution >= 0.6 is 11.8 Å². The van der Waals surface area contributed by atoms with Crippen LogP contribution in [0.3, 0.4) is 0 Å². The van der Waals surface area contributed by atoms with Crippen molar-refractivity contribution in [3.8, 4) is 11.5 Å². The Morgan fingerprint density at radius 3 is 2.86 bits per heavy atom. The first-order chi connectivity index (χ1) is 10.3. The molecule has 1 aliphatic heterocycles. The monoisotopic (exact) mass is 302 g/mol. The summed E-state index contributed by atoms with van der Waals surface area (Å²) < 4.78 is 11.4. The van der Waals surface area contributed by atoms with Crippen LogP contribution in [0.2, 0.25) is 0 Å². The smallest absolute Gasteiger partial charge is 0.162 e. The lowest BCUT2D eigenvalue weighted by molar-refractivity contribution is 0.297. The highest BCUT2D eigenvalue weighted by Crippen LogP contribution is 2.36. The van der Waals surface area contributed by atoms with Gasteiger partial charge in [0.1, 0.15) is 10.8 Å². The highest BCUT2D eigenvalue weighted by Gasteiger charge is 2.11. The number of ether oxygens (including phenoxy) is 2. The van der Waals surface area contributed by atoms with Gasteiger partial charge in [-0.2, -0.15) is 0 Å². The van der Waals surface area contributed by atoms with Crippen LogP contribution in [0.15, 0.2) is 46.3 Å². The first-order valence-corrected chi connectivity index (χ1v) is 7.95. The number of aromatic nitrogens is 1. The Balaban J connectivity index is 1.78. The lowest BCUT2D eigenvalue weighted by Crippen LogP contribution is -1.98. The van der Waals surface area contributed by atoms with Crippen LogP contribution in [0.4, 0.5) is 5.82 Å². The molecule has 0 bridgehead atoms. The Kier molecular flexibility index (Phi) is 4.50. The van der Waals surface area contributed by atoms with Gasteiger partial charge in [-0.05, 0) is 37.3 Å². The van der Waals surface area contributed by atoms with Gasteiger partial charge in [-0.25, -0.2) is 4.98 Å². The minimum atomic E-state index is 0.704. The summed E-state index contributed by atoms with van der Waals surface area (Å²) in [5.41, 5.74) is 0. The Hall–Kier alpha value is -1.88. The van der Waals surface area contributed by atoms with Gasteiger partial charge in [0.2, 0.25) is 0 Å². The summed E-state index contributed by atoms with van der Waals surface area (Å²) in [4.78, 5) is 5.67. The van der Waals surface area contributed by atoms with Crippen LogP contribution in [0.5, 0.6) is 11.5 Å². The molecule has 2 heterocycles. The van der Waals surface area contributed by atoms with E-state index in [9.17, 15) is 0 Å². The third-order valence-corrected chi connectivity index (χ3v) is 3.95. The zero-order chi connectivity index (χ0) is 14.5. The van der Waals surface area contributed by atoms with Gasteiger partial charge in [-0.15, -0.1) is 0 Å². The number of benzene rings is 1. The van der Waals surface area contributed by atoms with E-state index in [1.165, 1.54) is 0 Å². The van der Waals surface area contributed by atoms with E-state index in [0.29, 0.717) is 13.2 Å². The van der Waals surface area contributed by atoms with Gasteiger partial charge >= 0.3 is 0 Å². The van der Waals surface area contributed by atoms with Crippen molar-refractivity contribution in [3.63, 3.8) is 0 Å². The normalized spacial score (nSPS) is 13.6. The fraction of sp³-hybridized carbons (Fsp3) is 0.312. The van der Waals surface area contributed by atoms with E-state index in [1.807, 2.05) is 36.4 Å². The van der Waals surface area contributed by atoms with Crippen molar-refractivity contribution >= 4 is 17.6 Å². The van der Waals surface area contributed by atoms with E-state index < -0.39 is 0 Å². The summed E-state index contributed by atoms with van der Waals surface area (Å²) in [5, 5.41) is 4.18. The number of hydrogen-bond donors (Lipinski definition) is 1. The molecule has 0 aliphatic carbocycles. The predicted octanol–water partition coefficient (Wildman–Crippen LogP) is 3.83. The van der Waals surface area contributed by atoms with Crippen LogP contribution in [-0.2, 0) is 0 Å². The molecule has 1 N–H and O–H groups in total. The Morgan fingerprint density at radius 1 is 1.14 bits per heavy atom. The first-order valence-electron chi connectivity index (χ1n) is 7.13. The quantitative estimate of drug-likeness (QED) is 0.930. The molecule has 1 aromatic carbocycles. The molecule has 21 heavy (non-hydrogen) atoms. The number of nitrogens with one attached hydrogen (secondary N) is 1. The van der Waals surface area contributed by atoms with E-state index in [-0.39, 0.29) is 0 Å². The second kappa shape index (κ2) is 6.72. The van der Waals surface area contributed by atoms with Gasteiger partial charge in [0.25, 0.3) is 0 Å². The number of nitrogens with zero attached hydrogens (tertiary/aromatic N) is 1. The van der Waals surface area contributed by atoms with E-state index >= 15 is 0 Å². The zero-order valence-electron chi connectivity index (χ0n) is 12.0. The van der Waals surface area contributed by atoms with Gasteiger partial charge in [0, 0.05) is 17.9 Å². The fourth-order valence-electron chi connectivity index (χ4n) is 2.08. The predicted molar refractivity (Wildman–Crippen MR) is 84.6 cm³/mol. The molecular formula is C16H18N2O2S. The second-order valence-corrected chi connectivity index (χ2v) is 5.75. The molecule has 0 amide bonds. The van der Waals surface area contributed by atoms with Crippen molar-refractivity contribution in [3.05, 3.63) is 36.4 Å².